The van der Waals surface area contributed by atoms with Gasteiger partial charge in [0.2, 0.25) is 0 Å². The molecule has 0 radical (unpaired) electrons. The summed E-state index contributed by atoms with van der Waals surface area (Å²) in [5.41, 5.74) is 5.45. The van der Waals surface area contributed by atoms with Crippen LogP contribution < -0.4 is 5.73 Å². The third kappa shape index (κ3) is 10.0. The highest BCUT2D eigenvalue weighted by molar-refractivity contribution is 4.53. The van der Waals surface area contributed by atoms with Gasteiger partial charge in [-0.15, -0.1) is 0 Å². The molecule has 0 spiro atoms. The van der Waals surface area contributed by atoms with Gasteiger partial charge in [0.15, 0.2) is 0 Å². The zero-order valence-electron chi connectivity index (χ0n) is 10.1. The van der Waals surface area contributed by atoms with E-state index in [1.165, 1.54) is 58.0 Å². The second kappa shape index (κ2) is 11.0. The average molecular weight is 200 g/mol. The van der Waals surface area contributed by atoms with E-state index < -0.39 is 0 Å². The molecule has 0 unspecified atom stereocenters. The van der Waals surface area contributed by atoms with Crippen LogP contribution in [0.4, 0.5) is 0 Å². The number of nitrogens with zero attached hydrogens (tertiary/aromatic N) is 1. The van der Waals surface area contributed by atoms with E-state index in [4.69, 9.17) is 5.73 Å². The lowest BCUT2D eigenvalue weighted by Crippen LogP contribution is -2.21. The molecule has 2 nitrogen and oxygen atoms in total. The molecule has 0 fully saturated rings. The van der Waals surface area contributed by atoms with Crippen LogP contribution in [0.25, 0.3) is 0 Å². The van der Waals surface area contributed by atoms with E-state index in [1.54, 1.807) is 0 Å². The molecule has 2 N–H and O–H groups in total. The minimum Gasteiger partial charge on any atom is -0.330 e. The summed E-state index contributed by atoms with van der Waals surface area (Å²) in [4.78, 5) is 2.45. The summed E-state index contributed by atoms with van der Waals surface area (Å²) in [6.07, 6.45) is 9.26. The molecular weight excluding hydrogens is 172 g/mol. The van der Waals surface area contributed by atoms with Gasteiger partial charge in [0.1, 0.15) is 0 Å². The Kier molecular flexibility index (Phi) is 10.9. The maximum atomic E-state index is 5.45. The van der Waals surface area contributed by atoms with Gasteiger partial charge in [-0.3, -0.25) is 0 Å². The molecule has 0 rings (SSSR count). The van der Waals surface area contributed by atoms with Gasteiger partial charge in [0.25, 0.3) is 0 Å². The molecule has 0 heterocycles. The van der Waals surface area contributed by atoms with Gasteiger partial charge in [-0.25, -0.2) is 0 Å². The summed E-state index contributed by atoms with van der Waals surface area (Å²) in [6.45, 7) is 5.62. The van der Waals surface area contributed by atoms with E-state index in [0.717, 1.165) is 6.54 Å². The van der Waals surface area contributed by atoms with Crippen LogP contribution in [0, 0.1) is 0 Å². The summed E-state index contributed by atoms with van der Waals surface area (Å²) in [5.74, 6) is 0. The van der Waals surface area contributed by atoms with Crippen LogP contribution in [-0.2, 0) is 0 Å². The average Bonchev–Trinajstić information content (AvgIpc) is 2.19. The Balaban J connectivity index is 3.07. The molecule has 0 aromatic carbocycles. The monoisotopic (exact) mass is 200 g/mol. The number of rotatable bonds is 10. The Bertz CT molecular complexity index is 92.5. The Morgan fingerprint density at radius 2 is 1.43 bits per heavy atom. The van der Waals surface area contributed by atoms with Crippen LogP contribution in [0.5, 0.6) is 0 Å². The largest absolute Gasteiger partial charge is 0.330 e. The fourth-order valence-corrected chi connectivity index (χ4v) is 1.62. The van der Waals surface area contributed by atoms with Gasteiger partial charge in [-0.1, -0.05) is 32.6 Å². The number of nitrogens with two attached hydrogens (primary N) is 1. The van der Waals surface area contributed by atoms with Gasteiger partial charge in [0, 0.05) is 0 Å². The third-order valence-corrected chi connectivity index (χ3v) is 2.64. The predicted octanol–water partition coefficient (Wildman–Crippen LogP) is 2.63. The molecule has 0 aliphatic rings. The van der Waals surface area contributed by atoms with Crippen LogP contribution in [0.3, 0.4) is 0 Å². The molecule has 0 bridgehead atoms. The van der Waals surface area contributed by atoms with Gasteiger partial charge in [-0.05, 0) is 45.9 Å². The first-order valence-corrected chi connectivity index (χ1v) is 6.20. The topological polar surface area (TPSA) is 29.3 Å². The number of hydrogen-bond donors (Lipinski definition) is 1. The van der Waals surface area contributed by atoms with Crippen molar-refractivity contribution in [2.24, 2.45) is 5.73 Å². The Hall–Kier alpha value is -0.0800. The van der Waals surface area contributed by atoms with Gasteiger partial charge >= 0.3 is 0 Å². The lowest BCUT2D eigenvalue weighted by atomic mass is 10.2. The molecule has 0 saturated heterocycles. The fourth-order valence-electron chi connectivity index (χ4n) is 1.62. The number of hydrogen-bond acceptors (Lipinski definition) is 2. The zero-order chi connectivity index (χ0) is 10.6. The van der Waals surface area contributed by atoms with E-state index in [0.29, 0.717) is 0 Å². The lowest BCUT2D eigenvalue weighted by molar-refractivity contribution is 0.316. The van der Waals surface area contributed by atoms with Crippen molar-refractivity contribution in [3.8, 4) is 0 Å². The second-order valence-electron chi connectivity index (χ2n) is 4.21. The van der Waals surface area contributed by atoms with Gasteiger partial charge in [-0.2, -0.15) is 0 Å². The van der Waals surface area contributed by atoms with Crippen molar-refractivity contribution in [2.75, 3.05) is 26.7 Å². The van der Waals surface area contributed by atoms with Crippen LogP contribution in [-0.4, -0.2) is 31.6 Å². The van der Waals surface area contributed by atoms with Crippen LogP contribution in [0.2, 0.25) is 0 Å². The Morgan fingerprint density at radius 3 is 1.93 bits per heavy atom. The first-order chi connectivity index (χ1) is 6.81. The van der Waals surface area contributed by atoms with E-state index in [9.17, 15) is 0 Å². The van der Waals surface area contributed by atoms with Crippen LogP contribution >= 0.6 is 0 Å². The second-order valence-corrected chi connectivity index (χ2v) is 4.21. The first kappa shape index (κ1) is 13.9. The molecule has 14 heavy (non-hydrogen) atoms. The molecule has 0 atom stereocenters. The molecule has 0 amide bonds. The fraction of sp³-hybridized carbons (Fsp3) is 1.00. The van der Waals surface area contributed by atoms with Crippen molar-refractivity contribution in [1.29, 1.82) is 0 Å². The smallest absolute Gasteiger partial charge is 0.00218 e. The summed E-state index contributed by atoms with van der Waals surface area (Å²) >= 11 is 0. The SMILES string of the molecule is CCCCCCN(C)CCCCCN. The first-order valence-electron chi connectivity index (χ1n) is 6.20. The minimum absolute atomic E-state index is 0.847. The van der Waals surface area contributed by atoms with E-state index in [1.807, 2.05) is 0 Å². The van der Waals surface area contributed by atoms with Crippen molar-refractivity contribution in [1.82, 2.24) is 4.90 Å². The molecule has 0 aliphatic carbocycles. The predicted molar refractivity (Wildman–Crippen MR) is 64.5 cm³/mol. The van der Waals surface area contributed by atoms with Crippen molar-refractivity contribution in [3.05, 3.63) is 0 Å². The highest BCUT2D eigenvalue weighted by Crippen LogP contribution is 2.01. The van der Waals surface area contributed by atoms with Crippen molar-refractivity contribution in [3.63, 3.8) is 0 Å². The highest BCUT2D eigenvalue weighted by atomic mass is 15.1. The molecular formula is C12H28N2. The third-order valence-electron chi connectivity index (χ3n) is 2.64. The maximum absolute atomic E-state index is 5.45. The Labute approximate surface area is 89.9 Å². The molecule has 86 valence electrons. The summed E-state index contributed by atoms with van der Waals surface area (Å²) < 4.78 is 0. The summed E-state index contributed by atoms with van der Waals surface area (Å²) in [5, 5.41) is 0. The standard InChI is InChI=1S/C12H28N2/c1-3-4-5-8-11-14(2)12-9-6-7-10-13/h3-13H2,1-2H3. The van der Waals surface area contributed by atoms with Crippen molar-refractivity contribution < 1.29 is 0 Å². The van der Waals surface area contributed by atoms with Gasteiger partial charge in [0.05, 0.1) is 0 Å². The van der Waals surface area contributed by atoms with Crippen LogP contribution in [0.15, 0.2) is 0 Å². The molecule has 2 heteroatoms. The lowest BCUT2D eigenvalue weighted by Gasteiger charge is -2.15. The maximum Gasteiger partial charge on any atom is -0.00218 e. The van der Waals surface area contributed by atoms with E-state index >= 15 is 0 Å². The summed E-state index contributed by atoms with van der Waals surface area (Å²) in [7, 11) is 2.23. The molecule has 0 aromatic heterocycles. The Morgan fingerprint density at radius 1 is 0.857 bits per heavy atom. The zero-order valence-corrected chi connectivity index (χ0v) is 10.1. The molecule has 0 aromatic rings. The molecule has 0 saturated carbocycles. The highest BCUT2D eigenvalue weighted by Gasteiger charge is 1.97. The van der Waals surface area contributed by atoms with Crippen LogP contribution in [0.1, 0.15) is 51.9 Å². The van der Waals surface area contributed by atoms with E-state index in [2.05, 4.69) is 18.9 Å². The minimum atomic E-state index is 0.847. The normalized spacial score (nSPS) is 11.1. The van der Waals surface area contributed by atoms with Gasteiger partial charge < -0.3 is 10.6 Å². The van der Waals surface area contributed by atoms with Crippen molar-refractivity contribution >= 4 is 0 Å². The summed E-state index contributed by atoms with van der Waals surface area (Å²) in [6, 6.07) is 0. The quantitative estimate of drug-likeness (QED) is 0.549. The van der Waals surface area contributed by atoms with E-state index in [-0.39, 0.29) is 0 Å². The number of unbranched alkanes of at least 4 members (excludes halogenated alkanes) is 5. The van der Waals surface area contributed by atoms with Crippen molar-refractivity contribution in [2.45, 2.75) is 51.9 Å². The molecule has 0 aliphatic heterocycles.